The van der Waals surface area contributed by atoms with Crippen LogP contribution in [0.2, 0.25) is 0 Å². The molecule has 0 aliphatic carbocycles. The van der Waals surface area contributed by atoms with Crippen molar-refractivity contribution >= 4 is 32.5 Å². The summed E-state index contributed by atoms with van der Waals surface area (Å²) in [6.45, 7) is 3.71. The van der Waals surface area contributed by atoms with Crippen LogP contribution in [0, 0.1) is 0 Å². The Morgan fingerprint density at radius 3 is 2.52 bits per heavy atom. The van der Waals surface area contributed by atoms with Gasteiger partial charge in [0, 0.05) is 5.92 Å². The van der Waals surface area contributed by atoms with Crippen molar-refractivity contribution in [1.82, 2.24) is 20.2 Å². The van der Waals surface area contributed by atoms with E-state index >= 15 is 0 Å². The summed E-state index contributed by atoms with van der Waals surface area (Å²) >= 11 is 1.27. The number of benzene rings is 1. The van der Waals surface area contributed by atoms with Gasteiger partial charge in [-0.05, 0) is 12.1 Å². The van der Waals surface area contributed by atoms with Crippen LogP contribution in [0.4, 0.5) is 9.93 Å². The van der Waals surface area contributed by atoms with E-state index in [2.05, 4.69) is 25.6 Å². The van der Waals surface area contributed by atoms with Gasteiger partial charge in [0.15, 0.2) is 0 Å². The number of hydrogen-bond donors (Lipinski definition) is 3. The predicted molar refractivity (Wildman–Crippen MR) is 87.8 cm³/mol. The second-order valence-corrected chi connectivity index (χ2v) is 7.64. The SMILES string of the molecule is CC(C)c1nnc(NC(=O)NCNS(=O)(=O)c2ccccc2)s1. The van der Waals surface area contributed by atoms with E-state index in [0.717, 1.165) is 5.01 Å². The molecule has 0 atom stereocenters. The first kappa shape index (κ1) is 17.3. The maximum atomic E-state index is 11.9. The summed E-state index contributed by atoms with van der Waals surface area (Å²) in [6, 6.07) is 7.34. The molecule has 0 unspecified atom stereocenters. The minimum atomic E-state index is -3.65. The highest BCUT2D eigenvalue weighted by atomic mass is 32.2. The highest BCUT2D eigenvalue weighted by Crippen LogP contribution is 2.22. The van der Waals surface area contributed by atoms with Crippen LogP contribution in [0.25, 0.3) is 0 Å². The molecule has 0 saturated heterocycles. The van der Waals surface area contributed by atoms with Gasteiger partial charge in [-0.15, -0.1) is 10.2 Å². The van der Waals surface area contributed by atoms with Gasteiger partial charge in [0.25, 0.3) is 0 Å². The first-order valence-electron chi connectivity index (χ1n) is 6.81. The summed E-state index contributed by atoms with van der Waals surface area (Å²) in [5.41, 5.74) is 0. The Hall–Kier alpha value is -2.04. The molecule has 0 bridgehead atoms. The molecule has 0 aliphatic heterocycles. The Bertz CT molecular complexity index is 759. The van der Waals surface area contributed by atoms with Crippen LogP contribution in [0.5, 0.6) is 0 Å². The number of rotatable bonds is 6. The summed E-state index contributed by atoms with van der Waals surface area (Å²) in [5.74, 6) is 0.226. The molecule has 8 nitrogen and oxygen atoms in total. The second kappa shape index (κ2) is 7.49. The van der Waals surface area contributed by atoms with Gasteiger partial charge in [0.05, 0.1) is 11.6 Å². The summed E-state index contributed by atoms with van der Waals surface area (Å²) < 4.78 is 26.2. The highest BCUT2D eigenvalue weighted by molar-refractivity contribution is 7.89. The zero-order chi connectivity index (χ0) is 16.9. The number of aromatic nitrogens is 2. The van der Waals surface area contributed by atoms with E-state index in [1.807, 2.05) is 13.8 Å². The number of sulfonamides is 1. The second-order valence-electron chi connectivity index (χ2n) is 4.87. The molecule has 3 N–H and O–H groups in total. The van der Waals surface area contributed by atoms with Gasteiger partial charge in [-0.3, -0.25) is 5.32 Å². The predicted octanol–water partition coefficient (Wildman–Crippen LogP) is 1.72. The van der Waals surface area contributed by atoms with Gasteiger partial charge in [-0.25, -0.2) is 13.2 Å². The Balaban J connectivity index is 1.82. The molecule has 0 aliphatic rings. The normalized spacial score (nSPS) is 11.4. The van der Waals surface area contributed by atoms with Crippen LogP contribution in [0.15, 0.2) is 35.2 Å². The first-order valence-corrected chi connectivity index (χ1v) is 9.11. The third kappa shape index (κ3) is 4.98. The van der Waals surface area contributed by atoms with Crippen LogP contribution >= 0.6 is 11.3 Å². The van der Waals surface area contributed by atoms with Crippen LogP contribution in [0.1, 0.15) is 24.8 Å². The quantitative estimate of drug-likeness (QED) is 0.683. The molecule has 2 rings (SSSR count). The smallest absolute Gasteiger partial charge is 0.322 e. The van der Waals surface area contributed by atoms with E-state index in [1.54, 1.807) is 18.2 Å². The Morgan fingerprint density at radius 1 is 1.22 bits per heavy atom. The number of nitrogens with one attached hydrogen (secondary N) is 3. The van der Waals surface area contributed by atoms with Gasteiger partial charge >= 0.3 is 6.03 Å². The van der Waals surface area contributed by atoms with Gasteiger partial charge in [-0.2, -0.15) is 4.72 Å². The van der Waals surface area contributed by atoms with Crippen molar-refractivity contribution in [1.29, 1.82) is 0 Å². The monoisotopic (exact) mass is 355 g/mol. The first-order chi connectivity index (χ1) is 10.9. The average Bonchev–Trinajstić information content (AvgIpc) is 2.96. The van der Waals surface area contributed by atoms with Crippen molar-refractivity contribution in [2.24, 2.45) is 0 Å². The highest BCUT2D eigenvalue weighted by Gasteiger charge is 2.14. The van der Waals surface area contributed by atoms with Crippen molar-refractivity contribution < 1.29 is 13.2 Å². The third-order valence-electron chi connectivity index (χ3n) is 2.72. The molecule has 1 aromatic carbocycles. The molecule has 0 fully saturated rings. The summed E-state index contributed by atoms with van der Waals surface area (Å²) in [5, 5.41) is 13.8. The largest absolute Gasteiger partial charge is 0.324 e. The number of anilines is 1. The van der Waals surface area contributed by atoms with Crippen molar-refractivity contribution in [2.45, 2.75) is 24.7 Å². The lowest BCUT2D eigenvalue weighted by atomic mass is 10.2. The van der Waals surface area contributed by atoms with E-state index in [0.29, 0.717) is 5.13 Å². The molecule has 23 heavy (non-hydrogen) atoms. The number of carbonyl (C=O) groups excluding carboxylic acids is 1. The Morgan fingerprint density at radius 2 is 1.91 bits per heavy atom. The minimum absolute atomic E-state index is 0.132. The summed E-state index contributed by atoms with van der Waals surface area (Å²) in [6.07, 6.45) is 0. The van der Waals surface area contributed by atoms with Gasteiger partial charge < -0.3 is 5.32 Å². The fraction of sp³-hybridized carbons (Fsp3) is 0.308. The molecular weight excluding hydrogens is 338 g/mol. The fourth-order valence-corrected chi connectivity index (χ4v) is 3.24. The Labute approximate surface area is 138 Å². The molecule has 1 aromatic heterocycles. The Kier molecular flexibility index (Phi) is 5.64. The van der Waals surface area contributed by atoms with Crippen LogP contribution < -0.4 is 15.4 Å². The number of urea groups is 1. The molecule has 0 saturated carbocycles. The molecule has 1 heterocycles. The van der Waals surface area contributed by atoms with Crippen LogP contribution in [0.3, 0.4) is 0 Å². The zero-order valence-corrected chi connectivity index (χ0v) is 14.2. The molecule has 0 radical (unpaired) electrons. The van der Waals surface area contributed by atoms with Gasteiger partial charge in [0.1, 0.15) is 5.01 Å². The van der Waals surface area contributed by atoms with Crippen molar-refractivity contribution in [2.75, 3.05) is 12.0 Å². The summed E-state index contributed by atoms with van der Waals surface area (Å²) in [7, 11) is -3.65. The minimum Gasteiger partial charge on any atom is -0.324 e. The maximum Gasteiger partial charge on any atom is 0.322 e. The number of nitrogens with zero attached hydrogens (tertiary/aromatic N) is 2. The number of amides is 2. The number of hydrogen-bond acceptors (Lipinski definition) is 6. The lowest BCUT2D eigenvalue weighted by Crippen LogP contribution is -2.39. The van der Waals surface area contributed by atoms with E-state index in [-0.39, 0.29) is 17.5 Å². The van der Waals surface area contributed by atoms with Crippen LogP contribution in [-0.2, 0) is 10.0 Å². The summed E-state index contributed by atoms with van der Waals surface area (Å²) in [4.78, 5) is 11.8. The van der Waals surface area contributed by atoms with Gasteiger partial charge in [-0.1, -0.05) is 43.4 Å². The van der Waals surface area contributed by atoms with E-state index in [1.165, 1.54) is 23.5 Å². The number of carbonyl (C=O) groups is 1. The van der Waals surface area contributed by atoms with Gasteiger partial charge in [0.2, 0.25) is 15.2 Å². The van der Waals surface area contributed by atoms with Crippen molar-refractivity contribution in [3.05, 3.63) is 35.3 Å². The molecule has 2 amide bonds. The average molecular weight is 355 g/mol. The fourth-order valence-electron chi connectivity index (χ4n) is 1.55. The maximum absolute atomic E-state index is 11.9. The molecular formula is C13H17N5O3S2. The molecule has 0 spiro atoms. The van der Waals surface area contributed by atoms with Crippen LogP contribution in [-0.4, -0.2) is 31.3 Å². The lowest BCUT2D eigenvalue weighted by molar-refractivity contribution is 0.252. The standard InChI is InChI=1S/C13H17N5O3S2/c1-9(2)11-17-18-13(22-11)16-12(19)14-8-15-23(20,21)10-6-4-3-5-7-10/h3-7,9,15H,8H2,1-2H3,(H2,14,16,18,19). The topological polar surface area (TPSA) is 113 Å². The van der Waals surface area contributed by atoms with E-state index < -0.39 is 16.1 Å². The van der Waals surface area contributed by atoms with Crippen molar-refractivity contribution in [3.63, 3.8) is 0 Å². The van der Waals surface area contributed by atoms with Crippen molar-refractivity contribution in [3.8, 4) is 0 Å². The molecule has 2 aromatic rings. The third-order valence-corrected chi connectivity index (χ3v) is 5.28. The van der Waals surface area contributed by atoms with E-state index in [4.69, 9.17) is 0 Å². The zero-order valence-electron chi connectivity index (χ0n) is 12.6. The van der Waals surface area contributed by atoms with E-state index in [9.17, 15) is 13.2 Å². The molecule has 124 valence electrons. The molecule has 10 heteroatoms. The lowest BCUT2D eigenvalue weighted by Gasteiger charge is -2.08.